The number of hydrogen-bond acceptors (Lipinski definition) is 0. The van der Waals surface area contributed by atoms with Crippen molar-refractivity contribution >= 4 is 15.9 Å². The van der Waals surface area contributed by atoms with E-state index in [1.807, 2.05) is 5.57 Å². The van der Waals surface area contributed by atoms with E-state index in [9.17, 15) is 0 Å². The summed E-state index contributed by atoms with van der Waals surface area (Å²) in [5.74, 6) is 5.52. The van der Waals surface area contributed by atoms with Crippen LogP contribution < -0.4 is 0 Å². The third kappa shape index (κ3) is 3.48. The highest BCUT2D eigenvalue weighted by Gasteiger charge is 2.60. The minimum Gasteiger partial charge on any atom is -0.0842 e. The van der Waals surface area contributed by atoms with Gasteiger partial charge in [0.15, 0.2) is 0 Å². The van der Waals surface area contributed by atoms with Gasteiger partial charge in [-0.05, 0) is 91.3 Å². The molecule has 3 fully saturated rings. The van der Waals surface area contributed by atoms with Crippen LogP contribution in [0.1, 0.15) is 105 Å². The van der Waals surface area contributed by atoms with Crippen molar-refractivity contribution in [2.24, 2.45) is 46.3 Å². The smallest absolute Gasteiger partial charge is 0.0362 e. The van der Waals surface area contributed by atoms with E-state index in [1.165, 1.54) is 70.6 Å². The first kappa shape index (κ1) is 21.5. The fraction of sp³-hybridized carbons (Fsp3) is 0.926. The molecule has 4 rings (SSSR count). The Hall–Kier alpha value is 0.220. The van der Waals surface area contributed by atoms with Crippen LogP contribution in [0, 0.1) is 46.3 Å². The molecule has 28 heavy (non-hydrogen) atoms. The average Bonchev–Trinajstić information content (AvgIpc) is 2.99. The lowest BCUT2D eigenvalue weighted by Gasteiger charge is -2.59. The minimum absolute atomic E-state index is 0.523. The highest BCUT2D eigenvalue weighted by molar-refractivity contribution is 9.09. The van der Waals surface area contributed by atoms with Crippen molar-refractivity contribution in [2.75, 3.05) is 0 Å². The monoisotopic (exact) mass is 448 g/mol. The van der Waals surface area contributed by atoms with Crippen molar-refractivity contribution in [1.29, 1.82) is 0 Å². The zero-order valence-electron chi connectivity index (χ0n) is 19.3. The molecule has 0 aliphatic heterocycles. The SMILES string of the molecule is CC(C)CCC[C@@H](C)[C@H]1CC[C@H]2[C@@H]3[C@H](Br)C=C4CCCC[C@]4(C)[C@H]3CC[C@]12C. The summed E-state index contributed by atoms with van der Waals surface area (Å²) in [5, 5.41) is 0. The summed E-state index contributed by atoms with van der Waals surface area (Å²) in [6.45, 7) is 12.7. The lowest BCUT2D eigenvalue weighted by Crippen LogP contribution is -2.53. The van der Waals surface area contributed by atoms with Crippen LogP contribution in [0.25, 0.3) is 0 Å². The Morgan fingerprint density at radius 3 is 2.54 bits per heavy atom. The summed E-state index contributed by atoms with van der Waals surface area (Å²) in [6.07, 6.45) is 18.7. The lowest BCUT2D eigenvalue weighted by atomic mass is 9.47. The van der Waals surface area contributed by atoms with E-state index in [1.54, 1.807) is 0 Å². The van der Waals surface area contributed by atoms with E-state index in [2.05, 4.69) is 56.6 Å². The Balaban J connectivity index is 1.53. The summed E-state index contributed by atoms with van der Waals surface area (Å²) < 4.78 is 0. The Kier molecular flexibility index (Phi) is 6.17. The Labute approximate surface area is 183 Å². The minimum atomic E-state index is 0.523. The van der Waals surface area contributed by atoms with E-state index in [0.717, 1.165) is 35.5 Å². The van der Waals surface area contributed by atoms with Gasteiger partial charge in [0.25, 0.3) is 0 Å². The van der Waals surface area contributed by atoms with Gasteiger partial charge in [-0.2, -0.15) is 0 Å². The first-order valence-corrected chi connectivity index (χ1v) is 13.5. The Morgan fingerprint density at radius 1 is 1.00 bits per heavy atom. The van der Waals surface area contributed by atoms with Gasteiger partial charge in [-0.3, -0.25) is 0 Å². The van der Waals surface area contributed by atoms with Gasteiger partial charge in [0.1, 0.15) is 0 Å². The van der Waals surface area contributed by atoms with Crippen LogP contribution in [0.5, 0.6) is 0 Å². The highest BCUT2D eigenvalue weighted by atomic mass is 79.9. The normalized spacial score (nSPS) is 46.5. The van der Waals surface area contributed by atoms with Crippen molar-refractivity contribution in [3.8, 4) is 0 Å². The zero-order valence-corrected chi connectivity index (χ0v) is 20.9. The van der Waals surface area contributed by atoms with Crippen LogP contribution in [-0.2, 0) is 0 Å². The van der Waals surface area contributed by atoms with Crippen LogP contribution in [0.2, 0.25) is 0 Å². The molecular formula is C27H45Br. The van der Waals surface area contributed by atoms with Crippen LogP contribution >= 0.6 is 15.9 Å². The third-order valence-corrected chi connectivity index (χ3v) is 11.1. The number of alkyl halides is 1. The number of allylic oxidation sites excluding steroid dienone is 2. The summed E-state index contributed by atoms with van der Waals surface area (Å²) in [7, 11) is 0. The van der Waals surface area contributed by atoms with Crippen molar-refractivity contribution in [3.63, 3.8) is 0 Å². The maximum absolute atomic E-state index is 4.22. The van der Waals surface area contributed by atoms with Gasteiger partial charge in [0.05, 0.1) is 0 Å². The van der Waals surface area contributed by atoms with Crippen LogP contribution in [0.4, 0.5) is 0 Å². The standard InChI is InChI=1S/C27H45Br/c1-18(2)9-8-10-19(3)21-12-13-22-25-23(14-16-27(21,22)5)26(4)15-7-6-11-20(26)17-24(25)28/h17-19,21-25H,6-16H2,1-5H3/t19-,21-,22+,23+,24-,25+,26+,27-/m1/s1. The summed E-state index contributed by atoms with van der Waals surface area (Å²) >= 11 is 4.22. The third-order valence-electron chi connectivity index (χ3n) is 10.2. The molecule has 0 N–H and O–H groups in total. The van der Waals surface area contributed by atoms with Gasteiger partial charge in [-0.25, -0.2) is 0 Å². The quantitative estimate of drug-likeness (QED) is 0.291. The molecule has 1 heteroatoms. The molecule has 8 atom stereocenters. The fourth-order valence-corrected chi connectivity index (χ4v) is 9.72. The molecule has 0 saturated heterocycles. The predicted molar refractivity (Wildman–Crippen MR) is 126 cm³/mol. The lowest BCUT2D eigenvalue weighted by molar-refractivity contribution is -0.0469. The van der Waals surface area contributed by atoms with Crippen LogP contribution in [0.15, 0.2) is 11.6 Å². The number of rotatable bonds is 5. The van der Waals surface area contributed by atoms with Gasteiger partial charge in [-0.1, -0.05) is 87.9 Å². The van der Waals surface area contributed by atoms with E-state index < -0.39 is 0 Å². The average molecular weight is 450 g/mol. The van der Waals surface area contributed by atoms with Crippen molar-refractivity contribution in [2.45, 2.75) is 110 Å². The molecule has 3 saturated carbocycles. The van der Waals surface area contributed by atoms with Gasteiger partial charge in [-0.15, -0.1) is 0 Å². The number of halogens is 1. The van der Waals surface area contributed by atoms with E-state index in [-0.39, 0.29) is 0 Å². The van der Waals surface area contributed by atoms with E-state index >= 15 is 0 Å². The molecule has 0 aromatic heterocycles. The van der Waals surface area contributed by atoms with Crippen molar-refractivity contribution in [3.05, 3.63) is 11.6 Å². The van der Waals surface area contributed by atoms with Gasteiger partial charge < -0.3 is 0 Å². The van der Waals surface area contributed by atoms with Gasteiger partial charge in [0.2, 0.25) is 0 Å². The molecule has 0 aromatic rings. The maximum Gasteiger partial charge on any atom is 0.0362 e. The maximum atomic E-state index is 4.22. The molecule has 0 bridgehead atoms. The zero-order chi connectivity index (χ0) is 20.1. The summed E-state index contributed by atoms with van der Waals surface area (Å²) in [5.41, 5.74) is 2.94. The van der Waals surface area contributed by atoms with Crippen molar-refractivity contribution in [1.82, 2.24) is 0 Å². The number of fused-ring (bicyclic) bond motifs is 5. The summed E-state index contributed by atoms with van der Waals surface area (Å²) in [6, 6.07) is 0. The predicted octanol–water partition coefficient (Wildman–Crippen LogP) is 8.79. The molecule has 0 amide bonds. The van der Waals surface area contributed by atoms with Crippen LogP contribution in [-0.4, -0.2) is 4.83 Å². The van der Waals surface area contributed by atoms with Gasteiger partial charge >= 0.3 is 0 Å². The molecule has 0 aromatic carbocycles. The molecular weight excluding hydrogens is 404 g/mol. The molecule has 0 spiro atoms. The highest BCUT2D eigenvalue weighted by Crippen LogP contribution is 2.68. The number of hydrogen-bond donors (Lipinski definition) is 0. The molecule has 0 heterocycles. The summed E-state index contributed by atoms with van der Waals surface area (Å²) in [4.78, 5) is 0.637. The van der Waals surface area contributed by atoms with Crippen LogP contribution in [0.3, 0.4) is 0 Å². The topological polar surface area (TPSA) is 0 Å². The second-order valence-electron chi connectivity index (χ2n) is 12.1. The molecule has 4 aliphatic rings. The van der Waals surface area contributed by atoms with Gasteiger partial charge in [0, 0.05) is 4.83 Å². The Morgan fingerprint density at radius 2 is 1.79 bits per heavy atom. The molecule has 4 aliphatic carbocycles. The molecule has 0 nitrogen and oxygen atoms in total. The second kappa shape index (κ2) is 8.05. The molecule has 0 unspecified atom stereocenters. The fourth-order valence-electron chi connectivity index (χ4n) is 8.66. The van der Waals surface area contributed by atoms with E-state index in [4.69, 9.17) is 0 Å². The van der Waals surface area contributed by atoms with E-state index in [0.29, 0.717) is 15.7 Å². The first-order chi connectivity index (χ1) is 13.3. The largest absolute Gasteiger partial charge is 0.0842 e. The van der Waals surface area contributed by atoms with Crippen molar-refractivity contribution < 1.29 is 0 Å². The molecule has 0 radical (unpaired) electrons. The molecule has 160 valence electrons. The Bertz CT molecular complexity index is 591. The second-order valence-corrected chi connectivity index (χ2v) is 13.1. The first-order valence-electron chi connectivity index (χ1n) is 12.6.